The molecule has 3 aromatic rings. The second-order valence-corrected chi connectivity index (χ2v) is 8.11. The largest absolute Gasteiger partial charge is 0.348 e. The van der Waals surface area contributed by atoms with E-state index in [2.05, 4.69) is 66.3 Å². The summed E-state index contributed by atoms with van der Waals surface area (Å²) in [5.74, 6) is -1.65. The molecule has 0 unspecified atom stereocenters. The first-order valence-corrected chi connectivity index (χ1v) is 10.4. The molecule has 0 aromatic heterocycles. The Morgan fingerprint density at radius 2 is 1.50 bits per heavy atom. The number of nitrogens with zero attached hydrogens (tertiary/aromatic N) is 3. The Morgan fingerprint density at radius 3 is 2.25 bits per heavy atom. The summed E-state index contributed by atoms with van der Waals surface area (Å²) in [5.41, 5.74) is 7.40. The second-order valence-electron chi connectivity index (χ2n) is 8.11. The van der Waals surface area contributed by atoms with Crippen LogP contribution in [0.5, 0.6) is 0 Å². The molecule has 0 radical (unpaired) electrons. The van der Waals surface area contributed by atoms with Crippen LogP contribution in [-0.2, 0) is 6.54 Å². The predicted octanol–water partition coefficient (Wildman–Crippen LogP) is 6.66. The molecule has 2 heterocycles. The van der Waals surface area contributed by atoms with Crippen molar-refractivity contribution in [3.8, 4) is 33.9 Å². The molecular formula is C27H21F2N3. The third-order valence-corrected chi connectivity index (χ3v) is 5.49. The standard InChI is InChI=1S/C27H21F2N3/c1-17-12-18(2)14-21(13-17)20-8-6-19(7-9-20)15-32-11-10-24-25(16-32)31-27(30-24)22-4-3-5-23(28)26(22)29/h3-14,16H,15H2,1-2H3. The minimum atomic E-state index is -0.931. The van der Waals surface area contributed by atoms with Crippen LogP contribution in [0.2, 0.25) is 0 Å². The van der Waals surface area contributed by atoms with E-state index in [-0.39, 0.29) is 11.4 Å². The Morgan fingerprint density at radius 1 is 0.781 bits per heavy atom. The molecule has 5 rings (SSSR count). The highest BCUT2D eigenvalue weighted by molar-refractivity contribution is 5.67. The van der Waals surface area contributed by atoms with Gasteiger partial charge in [-0.1, -0.05) is 59.7 Å². The van der Waals surface area contributed by atoms with Gasteiger partial charge in [-0.15, -0.1) is 0 Å². The maximum atomic E-state index is 14.1. The average molecular weight is 425 g/mol. The van der Waals surface area contributed by atoms with Crippen LogP contribution in [0.1, 0.15) is 16.7 Å². The van der Waals surface area contributed by atoms with Gasteiger partial charge in [-0.2, -0.15) is 0 Å². The summed E-state index contributed by atoms with van der Waals surface area (Å²) in [7, 11) is 0. The number of halogens is 2. The molecule has 0 spiro atoms. The van der Waals surface area contributed by atoms with Gasteiger partial charge in [-0.05, 0) is 48.7 Å². The second kappa shape index (κ2) is 8.00. The number of aryl methyl sites for hydroxylation is 2. The summed E-state index contributed by atoms with van der Waals surface area (Å²) in [6.07, 6.45) is 3.79. The van der Waals surface area contributed by atoms with E-state index in [0.717, 1.165) is 11.6 Å². The highest BCUT2D eigenvalue weighted by Crippen LogP contribution is 2.28. The molecule has 0 bridgehead atoms. The first kappa shape index (κ1) is 20.1. The van der Waals surface area contributed by atoms with Crippen LogP contribution < -0.4 is 0 Å². The number of fused-ring (bicyclic) bond motifs is 1. The van der Waals surface area contributed by atoms with Crippen molar-refractivity contribution in [1.82, 2.24) is 14.5 Å². The van der Waals surface area contributed by atoms with E-state index in [1.54, 1.807) is 0 Å². The van der Waals surface area contributed by atoms with Gasteiger partial charge in [0.25, 0.3) is 0 Å². The van der Waals surface area contributed by atoms with Gasteiger partial charge < -0.3 is 4.57 Å². The lowest BCUT2D eigenvalue weighted by Crippen LogP contribution is -2.00. The monoisotopic (exact) mass is 425 g/mol. The lowest BCUT2D eigenvalue weighted by Gasteiger charge is -2.10. The van der Waals surface area contributed by atoms with E-state index in [9.17, 15) is 8.78 Å². The normalized spacial score (nSPS) is 11.2. The van der Waals surface area contributed by atoms with Crippen molar-refractivity contribution in [2.75, 3.05) is 0 Å². The number of rotatable bonds is 4. The summed E-state index contributed by atoms with van der Waals surface area (Å²) in [5, 5.41) is 0. The zero-order valence-electron chi connectivity index (χ0n) is 17.8. The van der Waals surface area contributed by atoms with Crippen molar-refractivity contribution in [2.45, 2.75) is 20.4 Å². The van der Waals surface area contributed by atoms with E-state index in [0.29, 0.717) is 17.9 Å². The molecule has 0 saturated heterocycles. The molecule has 0 amide bonds. The highest BCUT2D eigenvalue weighted by Gasteiger charge is 2.17. The molecule has 2 aliphatic rings. The van der Waals surface area contributed by atoms with Crippen LogP contribution in [-0.4, -0.2) is 14.5 Å². The number of benzene rings is 3. The molecule has 0 N–H and O–H groups in total. The predicted molar refractivity (Wildman–Crippen MR) is 122 cm³/mol. The molecule has 32 heavy (non-hydrogen) atoms. The fourth-order valence-corrected chi connectivity index (χ4v) is 4.00. The summed E-state index contributed by atoms with van der Waals surface area (Å²) < 4.78 is 29.7. The fourth-order valence-electron chi connectivity index (χ4n) is 4.00. The Kier molecular flexibility index (Phi) is 5.02. The van der Waals surface area contributed by atoms with Gasteiger partial charge in [-0.3, -0.25) is 0 Å². The van der Waals surface area contributed by atoms with Crippen molar-refractivity contribution in [3.63, 3.8) is 0 Å². The lowest BCUT2D eigenvalue weighted by atomic mass is 10.00. The molecule has 158 valence electrons. The van der Waals surface area contributed by atoms with Crippen molar-refractivity contribution >= 4 is 0 Å². The van der Waals surface area contributed by atoms with Crippen LogP contribution in [0.25, 0.3) is 33.9 Å². The molecule has 5 heteroatoms. The number of imidazole rings is 1. The smallest absolute Gasteiger partial charge is 0.169 e. The molecule has 3 nitrogen and oxygen atoms in total. The van der Waals surface area contributed by atoms with Crippen LogP contribution >= 0.6 is 0 Å². The SMILES string of the molecule is Cc1cc(C)cc(-c2ccc(Cn3ccc4nc(-c5cccc(F)c5F)nc-4c3)cc2)c1. The third-order valence-electron chi connectivity index (χ3n) is 5.49. The lowest BCUT2D eigenvalue weighted by molar-refractivity contribution is 0.510. The van der Waals surface area contributed by atoms with Crippen molar-refractivity contribution in [3.05, 3.63) is 107 Å². The van der Waals surface area contributed by atoms with Gasteiger partial charge in [0.2, 0.25) is 0 Å². The first-order chi connectivity index (χ1) is 15.5. The number of pyridine rings is 1. The van der Waals surface area contributed by atoms with Crippen molar-refractivity contribution < 1.29 is 8.78 Å². The van der Waals surface area contributed by atoms with Gasteiger partial charge in [0.05, 0.1) is 11.3 Å². The van der Waals surface area contributed by atoms with Gasteiger partial charge >= 0.3 is 0 Å². The van der Waals surface area contributed by atoms with E-state index < -0.39 is 11.6 Å². The summed E-state index contributed by atoms with van der Waals surface area (Å²) >= 11 is 0. The van der Waals surface area contributed by atoms with Crippen molar-refractivity contribution in [1.29, 1.82) is 0 Å². The fraction of sp³-hybridized carbons (Fsp3) is 0.111. The van der Waals surface area contributed by atoms with E-state index >= 15 is 0 Å². The Bertz CT molecular complexity index is 1370. The topological polar surface area (TPSA) is 30.7 Å². The number of hydrogen-bond acceptors (Lipinski definition) is 2. The summed E-state index contributed by atoms with van der Waals surface area (Å²) in [6, 6.07) is 20.9. The van der Waals surface area contributed by atoms with E-state index in [4.69, 9.17) is 0 Å². The minimum absolute atomic E-state index is 0.0646. The summed E-state index contributed by atoms with van der Waals surface area (Å²) in [6.45, 7) is 4.88. The van der Waals surface area contributed by atoms with Gasteiger partial charge in [0.1, 0.15) is 5.69 Å². The zero-order chi connectivity index (χ0) is 22.2. The Balaban J connectivity index is 1.40. The molecule has 2 aliphatic heterocycles. The third kappa shape index (κ3) is 3.89. The number of hydrogen-bond donors (Lipinski definition) is 0. The Labute approximate surface area is 185 Å². The van der Waals surface area contributed by atoms with Crippen LogP contribution in [0, 0.1) is 25.5 Å². The van der Waals surface area contributed by atoms with E-state index in [1.165, 1.54) is 34.4 Å². The Hall–Kier alpha value is -3.86. The summed E-state index contributed by atoms with van der Waals surface area (Å²) in [4.78, 5) is 8.78. The molecular weight excluding hydrogens is 404 g/mol. The molecule has 0 saturated carbocycles. The first-order valence-electron chi connectivity index (χ1n) is 10.4. The quantitative estimate of drug-likeness (QED) is 0.322. The van der Waals surface area contributed by atoms with Gasteiger partial charge in [-0.25, -0.2) is 18.7 Å². The zero-order valence-corrected chi connectivity index (χ0v) is 17.8. The van der Waals surface area contributed by atoms with Gasteiger partial charge in [0, 0.05) is 18.9 Å². The van der Waals surface area contributed by atoms with Gasteiger partial charge in [0.15, 0.2) is 17.5 Å². The molecule has 0 aliphatic carbocycles. The van der Waals surface area contributed by atoms with Crippen LogP contribution in [0.15, 0.2) is 79.1 Å². The number of aromatic nitrogens is 3. The van der Waals surface area contributed by atoms with Crippen molar-refractivity contribution in [2.24, 2.45) is 0 Å². The van der Waals surface area contributed by atoms with Crippen LogP contribution in [0.4, 0.5) is 8.78 Å². The molecule has 0 atom stereocenters. The van der Waals surface area contributed by atoms with Crippen LogP contribution in [0.3, 0.4) is 0 Å². The van der Waals surface area contributed by atoms with E-state index in [1.807, 2.05) is 23.0 Å². The average Bonchev–Trinajstić information content (AvgIpc) is 3.18. The molecule has 3 aromatic carbocycles. The minimum Gasteiger partial charge on any atom is -0.348 e. The molecule has 0 fully saturated rings. The maximum absolute atomic E-state index is 14.1. The maximum Gasteiger partial charge on any atom is 0.169 e. The highest BCUT2D eigenvalue weighted by atomic mass is 19.2.